The summed E-state index contributed by atoms with van der Waals surface area (Å²) in [5, 5.41) is 11.3. The fraction of sp³-hybridized carbons (Fsp3) is 0.455. The number of halogens is 1. The summed E-state index contributed by atoms with van der Waals surface area (Å²) in [6.45, 7) is 4.05. The Labute approximate surface area is 99.6 Å². The molecular formula is C11H15ClN2O2. The highest BCUT2D eigenvalue weighted by molar-refractivity contribution is 6.30. The molecule has 1 atom stereocenters. The maximum atomic E-state index is 10.8. The Morgan fingerprint density at radius 3 is 2.62 bits per heavy atom. The summed E-state index contributed by atoms with van der Waals surface area (Å²) in [7, 11) is 0. The van der Waals surface area contributed by atoms with Crippen molar-refractivity contribution >= 4 is 17.3 Å². The van der Waals surface area contributed by atoms with E-state index in [0.717, 1.165) is 0 Å². The highest BCUT2D eigenvalue weighted by Gasteiger charge is 2.20. The van der Waals surface area contributed by atoms with Gasteiger partial charge in [-0.3, -0.25) is 10.1 Å². The molecule has 0 aromatic heterocycles. The molecule has 4 nitrogen and oxygen atoms in total. The Bertz CT molecular complexity index is 394. The van der Waals surface area contributed by atoms with E-state index in [0.29, 0.717) is 22.9 Å². The monoisotopic (exact) mass is 242 g/mol. The van der Waals surface area contributed by atoms with Crippen molar-refractivity contribution in [2.24, 2.45) is 11.7 Å². The molecule has 0 saturated carbocycles. The van der Waals surface area contributed by atoms with Gasteiger partial charge in [-0.25, -0.2) is 0 Å². The van der Waals surface area contributed by atoms with E-state index in [2.05, 4.69) is 0 Å². The van der Waals surface area contributed by atoms with E-state index in [4.69, 9.17) is 17.3 Å². The summed E-state index contributed by atoms with van der Waals surface area (Å²) < 4.78 is 0. The normalized spacial score (nSPS) is 12.8. The van der Waals surface area contributed by atoms with Gasteiger partial charge >= 0.3 is 0 Å². The Morgan fingerprint density at radius 2 is 2.12 bits per heavy atom. The average molecular weight is 243 g/mol. The highest BCUT2D eigenvalue weighted by Crippen LogP contribution is 2.30. The molecule has 0 unspecified atom stereocenters. The van der Waals surface area contributed by atoms with Crippen molar-refractivity contribution in [3.8, 4) is 0 Å². The molecule has 0 aliphatic carbocycles. The first-order chi connectivity index (χ1) is 7.41. The second-order valence-electron chi connectivity index (χ2n) is 4.20. The van der Waals surface area contributed by atoms with Crippen LogP contribution in [0.1, 0.15) is 31.9 Å². The quantitative estimate of drug-likeness (QED) is 0.651. The summed E-state index contributed by atoms with van der Waals surface area (Å²) in [6.07, 6.45) is 0.696. The molecule has 0 heterocycles. The van der Waals surface area contributed by atoms with Crippen LogP contribution in [0.2, 0.25) is 5.02 Å². The molecule has 1 aromatic carbocycles. The molecule has 0 aliphatic heterocycles. The predicted molar refractivity (Wildman–Crippen MR) is 64.5 cm³/mol. The van der Waals surface area contributed by atoms with Crippen LogP contribution in [0.25, 0.3) is 0 Å². The largest absolute Gasteiger partial charge is 0.324 e. The minimum Gasteiger partial charge on any atom is -0.324 e. The van der Waals surface area contributed by atoms with Crippen molar-refractivity contribution in [2.75, 3.05) is 0 Å². The fourth-order valence-electron chi connectivity index (χ4n) is 1.62. The first-order valence-electron chi connectivity index (χ1n) is 5.11. The minimum absolute atomic E-state index is 0.0394. The zero-order valence-electron chi connectivity index (χ0n) is 9.31. The molecule has 0 radical (unpaired) electrons. The SMILES string of the molecule is CC(C)C[C@H](N)c1cc(Cl)ccc1[N+](=O)[O-]. The van der Waals surface area contributed by atoms with Crippen LogP contribution < -0.4 is 5.73 Å². The number of hydrogen-bond donors (Lipinski definition) is 1. The van der Waals surface area contributed by atoms with Crippen molar-refractivity contribution in [3.63, 3.8) is 0 Å². The molecule has 16 heavy (non-hydrogen) atoms. The smallest absolute Gasteiger partial charge is 0.274 e. The summed E-state index contributed by atoms with van der Waals surface area (Å²) in [6, 6.07) is 4.13. The summed E-state index contributed by atoms with van der Waals surface area (Å²) in [5.74, 6) is 0.383. The summed E-state index contributed by atoms with van der Waals surface area (Å²) in [4.78, 5) is 10.4. The zero-order valence-corrected chi connectivity index (χ0v) is 10.1. The van der Waals surface area contributed by atoms with Gasteiger partial charge in [0, 0.05) is 22.7 Å². The maximum Gasteiger partial charge on any atom is 0.274 e. The van der Waals surface area contributed by atoms with Crippen molar-refractivity contribution in [3.05, 3.63) is 38.9 Å². The van der Waals surface area contributed by atoms with E-state index >= 15 is 0 Å². The molecule has 0 saturated heterocycles. The van der Waals surface area contributed by atoms with Crippen LogP contribution in [-0.2, 0) is 0 Å². The lowest BCUT2D eigenvalue weighted by Crippen LogP contribution is -2.14. The number of rotatable bonds is 4. The molecule has 0 fully saturated rings. The molecule has 5 heteroatoms. The Kier molecular flexibility index (Phi) is 4.26. The fourth-order valence-corrected chi connectivity index (χ4v) is 1.80. The average Bonchev–Trinajstić information content (AvgIpc) is 2.15. The lowest BCUT2D eigenvalue weighted by Gasteiger charge is -2.14. The van der Waals surface area contributed by atoms with Crippen LogP contribution in [0.5, 0.6) is 0 Å². The molecular weight excluding hydrogens is 228 g/mol. The van der Waals surface area contributed by atoms with E-state index in [1.165, 1.54) is 12.1 Å². The first kappa shape index (κ1) is 12.9. The minimum atomic E-state index is -0.425. The van der Waals surface area contributed by atoms with Crippen LogP contribution >= 0.6 is 11.6 Å². The zero-order chi connectivity index (χ0) is 12.3. The third kappa shape index (κ3) is 3.18. The van der Waals surface area contributed by atoms with E-state index < -0.39 is 4.92 Å². The van der Waals surface area contributed by atoms with Crippen LogP contribution in [0.4, 0.5) is 5.69 Å². The number of hydrogen-bond acceptors (Lipinski definition) is 3. The van der Waals surface area contributed by atoms with Gasteiger partial charge in [-0.05, 0) is 24.5 Å². The Morgan fingerprint density at radius 1 is 1.50 bits per heavy atom. The van der Waals surface area contributed by atoms with E-state index in [9.17, 15) is 10.1 Å². The Hall–Kier alpha value is -1.13. The lowest BCUT2D eigenvalue weighted by molar-refractivity contribution is -0.385. The van der Waals surface area contributed by atoms with Gasteiger partial charge in [-0.1, -0.05) is 25.4 Å². The molecule has 1 aromatic rings. The van der Waals surface area contributed by atoms with Crippen molar-refractivity contribution in [1.29, 1.82) is 0 Å². The second kappa shape index (κ2) is 5.27. The van der Waals surface area contributed by atoms with Gasteiger partial charge in [0.1, 0.15) is 0 Å². The molecule has 0 bridgehead atoms. The van der Waals surface area contributed by atoms with Crippen molar-refractivity contribution in [1.82, 2.24) is 0 Å². The third-order valence-electron chi connectivity index (χ3n) is 2.31. The number of nitro benzene ring substituents is 1. The van der Waals surface area contributed by atoms with Gasteiger partial charge in [0.25, 0.3) is 5.69 Å². The van der Waals surface area contributed by atoms with Crippen LogP contribution in [0, 0.1) is 16.0 Å². The number of benzene rings is 1. The summed E-state index contributed by atoms with van der Waals surface area (Å²) >= 11 is 5.82. The predicted octanol–water partition coefficient (Wildman–Crippen LogP) is 3.29. The van der Waals surface area contributed by atoms with Gasteiger partial charge in [-0.15, -0.1) is 0 Å². The lowest BCUT2D eigenvalue weighted by atomic mass is 9.96. The van der Waals surface area contributed by atoms with Gasteiger partial charge < -0.3 is 5.73 Å². The molecule has 0 spiro atoms. The van der Waals surface area contributed by atoms with Gasteiger partial charge in [0.05, 0.1) is 4.92 Å². The van der Waals surface area contributed by atoms with Crippen LogP contribution in [0.15, 0.2) is 18.2 Å². The summed E-state index contributed by atoms with van der Waals surface area (Å²) in [5.41, 5.74) is 6.49. The third-order valence-corrected chi connectivity index (χ3v) is 2.55. The maximum absolute atomic E-state index is 10.8. The molecule has 88 valence electrons. The molecule has 1 rings (SSSR count). The van der Waals surface area contributed by atoms with Crippen molar-refractivity contribution < 1.29 is 4.92 Å². The molecule has 0 aliphatic rings. The van der Waals surface area contributed by atoms with Crippen molar-refractivity contribution in [2.45, 2.75) is 26.3 Å². The standard InChI is InChI=1S/C11H15ClN2O2/c1-7(2)5-10(13)9-6-8(12)3-4-11(9)14(15)16/h3-4,6-7,10H,5,13H2,1-2H3/t10-/m0/s1. The molecule has 2 N–H and O–H groups in total. The number of nitrogens with zero attached hydrogens (tertiary/aromatic N) is 1. The Balaban J connectivity index is 3.09. The topological polar surface area (TPSA) is 69.2 Å². The molecule has 0 amide bonds. The number of nitrogens with two attached hydrogens (primary N) is 1. The second-order valence-corrected chi connectivity index (χ2v) is 4.63. The number of nitro groups is 1. The van der Waals surface area contributed by atoms with E-state index in [-0.39, 0.29) is 11.7 Å². The van der Waals surface area contributed by atoms with Gasteiger partial charge in [0.15, 0.2) is 0 Å². The highest BCUT2D eigenvalue weighted by atomic mass is 35.5. The van der Waals surface area contributed by atoms with Crippen LogP contribution in [0.3, 0.4) is 0 Å². The first-order valence-corrected chi connectivity index (χ1v) is 5.49. The van der Waals surface area contributed by atoms with E-state index in [1.54, 1.807) is 6.07 Å². The van der Waals surface area contributed by atoms with Gasteiger partial charge in [0.2, 0.25) is 0 Å². The van der Waals surface area contributed by atoms with Crippen LogP contribution in [-0.4, -0.2) is 4.92 Å². The van der Waals surface area contributed by atoms with Gasteiger partial charge in [-0.2, -0.15) is 0 Å². The van der Waals surface area contributed by atoms with E-state index in [1.807, 2.05) is 13.8 Å².